The smallest absolute Gasteiger partial charge is 0.251 e. The van der Waals surface area contributed by atoms with Crippen molar-refractivity contribution < 1.29 is 18.3 Å². The van der Waals surface area contributed by atoms with Gasteiger partial charge in [-0.2, -0.15) is 4.39 Å². The van der Waals surface area contributed by atoms with Crippen LogP contribution in [-0.2, 0) is 6.42 Å². The van der Waals surface area contributed by atoms with Gasteiger partial charge in [-0.05, 0) is 48.2 Å². The summed E-state index contributed by atoms with van der Waals surface area (Å²) in [7, 11) is 1.28. The van der Waals surface area contributed by atoms with Gasteiger partial charge < -0.3 is 15.4 Å². The third-order valence-corrected chi connectivity index (χ3v) is 5.64. The third-order valence-electron chi connectivity index (χ3n) is 5.64. The van der Waals surface area contributed by atoms with Crippen molar-refractivity contribution in [3.8, 4) is 17.0 Å². The van der Waals surface area contributed by atoms with Crippen LogP contribution in [0.2, 0.25) is 0 Å². The van der Waals surface area contributed by atoms with E-state index in [1.807, 2.05) is 26.8 Å². The first-order valence-electron chi connectivity index (χ1n) is 11.4. The lowest BCUT2D eigenvalue weighted by Crippen LogP contribution is -2.28. The number of nitrogens with one attached hydrogen (secondary N) is 2. The Morgan fingerprint density at radius 3 is 2.66 bits per heavy atom. The molecule has 4 rings (SSSR count). The van der Waals surface area contributed by atoms with Gasteiger partial charge in [-0.3, -0.25) is 9.20 Å². The Labute approximate surface area is 202 Å². The van der Waals surface area contributed by atoms with Gasteiger partial charge in [0.15, 0.2) is 23.0 Å². The average Bonchev–Trinajstić information content (AvgIpc) is 3.29. The van der Waals surface area contributed by atoms with Gasteiger partial charge in [0.05, 0.1) is 19.0 Å². The van der Waals surface area contributed by atoms with E-state index in [0.717, 1.165) is 11.3 Å². The molecule has 4 aromatic rings. The largest absolute Gasteiger partial charge is 0.494 e. The van der Waals surface area contributed by atoms with Gasteiger partial charge in [0.2, 0.25) is 5.82 Å². The van der Waals surface area contributed by atoms with Crippen molar-refractivity contribution in [2.24, 2.45) is 5.92 Å². The van der Waals surface area contributed by atoms with Crippen LogP contribution >= 0.6 is 0 Å². The number of carbonyl (C=O) groups excluding carboxylic acids is 1. The second-order valence-electron chi connectivity index (χ2n) is 8.51. The molecule has 2 aromatic carbocycles. The lowest BCUT2D eigenvalue weighted by Gasteiger charge is -2.13. The van der Waals surface area contributed by atoms with E-state index in [0.29, 0.717) is 41.6 Å². The first-order valence-corrected chi connectivity index (χ1v) is 11.4. The molecule has 0 aliphatic heterocycles. The lowest BCUT2D eigenvalue weighted by molar-refractivity contribution is 0.0948. The number of fused-ring (bicyclic) bond motifs is 1. The summed E-state index contributed by atoms with van der Waals surface area (Å²) in [5, 5.41) is 6.18. The molecule has 1 amide bonds. The Kier molecular flexibility index (Phi) is 6.95. The van der Waals surface area contributed by atoms with E-state index in [1.165, 1.54) is 25.4 Å². The van der Waals surface area contributed by atoms with Gasteiger partial charge >= 0.3 is 0 Å². The highest BCUT2D eigenvalue weighted by Crippen LogP contribution is 2.31. The highest BCUT2D eigenvalue weighted by atomic mass is 19.2. The van der Waals surface area contributed by atoms with Gasteiger partial charge in [-0.15, -0.1) is 0 Å². The van der Waals surface area contributed by atoms with Crippen LogP contribution in [0.3, 0.4) is 0 Å². The van der Waals surface area contributed by atoms with Gasteiger partial charge in [-0.1, -0.05) is 20.8 Å². The molecule has 0 radical (unpaired) electrons. The van der Waals surface area contributed by atoms with E-state index >= 15 is 0 Å². The summed E-state index contributed by atoms with van der Waals surface area (Å²) in [6.07, 6.45) is 5.32. The Morgan fingerprint density at radius 2 is 1.94 bits per heavy atom. The molecule has 35 heavy (non-hydrogen) atoms. The number of halogens is 2. The molecule has 0 saturated heterocycles. The second-order valence-corrected chi connectivity index (χ2v) is 8.51. The molecule has 9 heteroatoms. The number of aryl methyl sites for hydroxylation is 1. The maximum Gasteiger partial charge on any atom is 0.251 e. The van der Waals surface area contributed by atoms with Crippen molar-refractivity contribution in [3.63, 3.8) is 0 Å². The number of rotatable bonds is 8. The number of benzene rings is 2. The van der Waals surface area contributed by atoms with Crippen LogP contribution in [0.4, 0.5) is 20.3 Å². The summed E-state index contributed by atoms with van der Waals surface area (Å²) in [5.74, 6) is -1.55. The predicted molar refractivity (Wildman–Crippen MR) is 131 cm³/mol. The Hall–Kier alpha value is -4.01. The first kappa shape index (κ1) is 24.1. The number of anilines is 2. The van der Waals surface area contributed by atoms with Crippen LogP contribution in [0, 0.1) is 17.6 Å². The minimum atomic E-state index is -1.06. The molecular formula is C26H27F2N5O2. The molecule has 0 bridgehead atoms. The lowest BCUT2D eigenvalue weighted by atomic mass is 10.0. The van der Waals surface area contributed by atoms with E-state index in [2.05, 4.69) is 20.6 Å². The van der Waals surface area contributed by atoms with E-state index in [-0.39, 0.29) is 17.2 Å². The number of carbonyl (C=O) groups is 1. The molecule has 7 nitrogen and oxygen atoms in total. The number of aromatic nitrogens is 3. The zero-order valence-electron chi connectivity index (χ0n) is 20.0. The molecule has 0 atom stereocenters. The fraction of sp³-hybridized carbons (Fsp3) is 0.269. The monoisotopic (exact) mass is 479 g/mol. The summed E-state index contributed by atoms with van der Waals surface area (Å²) < 4.78 is 35.5. The molecule has 2 aromatic heterocycles. The van der Waals surface area contributed by atoms with E-state index in [9.17, 15) is 13.6 Å². The van der Waals surface area contributed by atoms with Crippen LogP contribution in [0.25, 0.3) is 16.9 Å². The maximum atomic E-state index is 14.7. The van der Waals surface area contributed by atoms with Crippen molar-refractivity contribution >= 4 is 23.1 Å². The molecule has 2 N–H and O–H groups in total. The quantitative estimate of drug-likeness (QED) is 0.355. The molecule has 182 valence electrons. The van der Waals surface area contributed by atoms with Gasteiger partial charge in [0, 0.05) is 35.8 Å². The first-order chi connectivity index (χ1) is 16.8. The normalized spacial score (nSPS) is 11.2. The Bertz CT molecular complexity index is 1380. The molecular weight excluding hydrogens is 452 g/mol. The van der Waals surface area contributed by atoms with Crippen molar-refractivity contribution in [2.45, 2.75) is 27.2 Å². The molecule has 0 fully saturated rings. The third kappa shape index (κ3) is 4.80. The van der Waals surface area contributed by atoms with Crippen molar-refractivity contribution in [2.75, 3.05) is 19.0 Å². The molecule has 0 spiro atoms. The highest BCUT2D eigenvalue weighted by Gasteiger charge is 2.19. The summed E-state index contributed by atoms with van der Waals surface area (Å²) in [5.41, 5.74) is 3.12. The minimum absolute atomic E-state index is 0.0537. The summed E-state index contributed by atoms with van der Waals surface area (Å²) in [6, 6.07) is 8.31. The van der Waals surface area contributed by atoms with Crippen molar-refractivity contribution in [1.29, 1.82) is 0 Å². The van der Waals surface area contributed by atoms with Crippen LogP contribution < -0.4 is 15.4 Å². The van der Waals surface area contributed by atoms with E-state index in [4.69, 9.17) is 4.74 Å². The predicted octanol–water partition coefficient (Wildman–Crippen LogP) is 5.37. The van der Waals surface area contributed by atoms with Crippen LogP contribution in [0.15, 0.2) is 48.9 Å². The zero-order valence-corrected chi connectivity index (χ0v) is 20.0. The van der Waals surface area contributed by atoms with Crippen molar-refractivity contribution in [3.05, 3.63) is 71.7 Å². The molecule has 0 unspecified atom stereocenters. The SMILES string of the molecule is CCc1cc(Nc2nccn3c(-c4ccc(OC)c(F)c4F)cnc23)ccc1C(=O)NCC(C)C. The fourth-order valence-electron chi connectivity index (χ4n) is 3.81. The van der Waals surface area contributed by atoms with E-state index in [1.54, 1.807) is 28.9 Å². The molecule has 2 heterocycles. The maximum absolute atomic E-state index is 14.7. The average molecular weight is 480 g/mol. The van der Waals surface area contributed by atoms with E-state index < -0.39 is 11.6 Å². The molecule has 0 aliphatic carbocycles. The summed E-state index contributed by atoms with van der Waals surface area (Å²) in [6.45, 7) is 6.68. The highest BCUT2D eigenvalue weighted by molar-refractivity contribution is 5.96. The van der Waals surface area contributed by atoms with Crippen LogP contribution in [-0.4, -0.2) is 33.9 Å². The zero-order chi connectivity index (χ0) is 25.1. The number of imidazole rings is 1. The molecule has 0 saturated carbocycles. The number of nitrogens with zero attached hydrogens (tertiary/aromatic N) is 3. The number of hydrogen-bond acceptors (Lipinski definition) is 5. The minimum Gasteiger partial charge on any atom is -0.494 e. The summed E-state index contributed by atoms with van der Waals surface area (Å²) >= 11 is 0. The number of hydrogen-bond donors (Lipinski definition) is 2. The standard InChI is InChI=1S/C26H27F2N5O2/c1-5-16-12-17(6-7-18(16)26(34)31-13-15(2)3)32-24-25-30-14-20(33(25)11-10-29-24)19-8-9-21(35-4)23(28)22(19)27/h6-12,14-15H,5,13H2,1-4H3,(H,29,32)(H,31,34). The van der Waals surface area contributed by atoms with Gasteiger partial charge in [-0.25, -0.2) is 14.4 Å². The fourth-order valence-corrected chi connectivity index (χ4v) is 3.81. The topological polar surface area (TPSA) is 80.6 Å². The van der Waals surface area contributed by atoms with Gasteiger partial charge in [0.25, 0.3) is 5.91 Å². The van der Waals surface area contributed by atoms with Crippen molar-refractivity contribution in [1.82, 2.24) is 19.7 Å². The second kappa shape index (κ2) is 10.1. The number of methoxy groups -OCH3 is 1. The summed E-state index contributed by atoms with van der Waals surface area (Å²) in [4.78, 5) is 21.3. The Morgan fingerprint density at radius 1 is 1.14 bits per heavy atom. The number of amides is 1. The van der Waals surface area contributed by atoms with Gasteiger partial charge in [0.1, 0.15) is 0 Å². The van der Waals surface area contributed by atoms with Crippen LogP contribution in [0.5, 0.6) is 5.75 Å². The Balaban J connectivity index is 1.66. The number of ether oxygens (including phenoxy) is 1. The van der Waals surface area contributed by atoms with Crippen LogP contribution in [0.1, 0.15) is 36.7 Å². The molecule has 0 aliphatic rings.